The van der Waals surface area contributed by atoms with Gasteiger partial charge in [0.2, 0.25) is 5.91 Å². The van der Waals surface area contributed by atoms with Crippen molar-refractivity contribution in [2.24, 2.45) is 5.84 Å². The molecule has 9 heteroatoms. The van der Waals surface area contributed by atoms with Crippen molar-refractivity contribution >= 4 is 18.1 Å². The van der Waals surface area contributed by atoms with Crippen molar-refractivity contribution < 1.29 is 23.9 Å². The summed E-state index contributed by atoms with van der Waals surface area (Å²) in [6.07, 6.45) is -1.12. The molecule has 0 rings (SSSR count). The van der Waals surface area contributed by atoms with E-state index in [1.165, 1.54) is 4.90 Å². The maximum Gasteiger partial charge on any atom is 0.410 e. The third-order valence-electron chi connectivity index (χ3n) is 2.47. The Kier molecular flexibility index (Phi) is 8.52. The topological polar surface area (TPSA) is 123 Å². The van der Waals surface area contributed by atoms with Gasteiger partial charge in [-0.1, -0.05) is 0 Å². The Bertz CT molecular complexity index is 440. The number of nitrogens with one attached hydrogen (secondary N) is 2. The maximum atomic E-state index is 12.2. The van der Waals surface area contributed by atoms with Gasteiger partial charge in [-0.2, -0.15) is 0 Å². The van der Waals surface area contributed by atoms with Crippen molar-refractivity contribution in [2.45, 2.75) is 59.2 Å². The van der Waals surface area contributed by atoms with Gasteiger partial charge >= 0.3 is 12.2 Å². The SMILES string of the molecule is CC(C)(C)OC(=O)NCCN(CCC(=O)NN)C(=O)OC(C)(C)C. The van der Waals surface area contributed by atoms with Gasteiger partial charge in [0.25, 0.3) is 0 Å². The first-order valence-electron chi connectivity index (χ1n) is 7.78. The molecule has 0 atom stereocenters. The number of carbonyl (C=O) groups excluding carboxylic acids is 3. The Morgan fingerprint density at radius 3 is 1.96 bits per heavy atom. The van der Waals surface area contributed by atoms with E-state index in [0.29, 0.717) is 0 Å². The standard InChI is InChI=1S/C15H30N4O5/c1-14(2,3)23-12(21)17-8-10-19(9-7-11(20)18-16)13(22)24-15(4,5)6/h7-10,16H2,1-6H3,(H,17,21)(H,18,20). The van der Waals surface area contributed by atoms with Crippen LogP contribution in [0, 0.1) is 0 Å². The van der Waals surface area contributed by atoms with Crippen LogP contribution in [0.4, 0.5) is 9.59 Å². The molecule has 0 aliphatic heterocycles. The minimum Gasteiger partial charge on any atom is -0.444 e. The average Bonchev–Trinajstić information content (AvgIpc) is 2.37. The fourth-order valence-corrected chi connectivity index (χ4v) is 1.54. The lowest BCUT2D eigenvalue weighted by molar-refractivity contribution is -0.121. The van der Waals surface area contributed by atoms with E-state index >= 15 is 0 Å². The number of nitrogens with zero attached hydrogens (tertiary/aromatic N) is 1. The van der Waals surface area contributed by atoms with E-state index in [2.05, 4.69) is 5.32 Å². The van der Waals surface area contributed by atoms with E-state index in [9.17, 15) is 14.4 Å². The summed E-state index contributed by atoms with van der Waals surface area (Å²) < 4.78 is 10.4. The summed E-state index contributed by atoms with van der Waals surface area (Å²) in [7, 11) is 0. The molecule has 0 heterocycles. The Hall–Kier alpha value is -2.03. The van der Waals surface area contributed by atoms with E-state index in [1.54, 1.807) is 41.5 Å². The highest BCUT2D eigenvalue weighted by atomic mass is 16.6. The lowest BCUT2D eigenvalue weighted by Gasteiger charge is -2.27. The average molecular weight is 346 g/mol. The number of alkyl carbamates (subject to hydrolysis) is 1. The quantitative estimate of drug-likeness (QED) is 0.376. The minimum atomic E-state index is -0.663. The first-order chi connectivity index (χ1) is 10.8. The molecule has 0 saturated heterocycles. The molecule has 0 aromatic rings. The predicted molar refractivity (Wildman–Crippen MR) is 89.0 cm³/mol. The molecule has 9 nitrogen and oxygen atoms in total. The van der Waals surface area contributed by atoms with E-state index in [1.807, 2.05) is 5.43 Å². The number of amides is 3. The molecule has 0 aliphatic carbocycles. The van der Waals surface area contributed by atoms with E-state index in [0.717, 1.165) is 0 Å². The molecule has 0 aromatic heterocycles. The van der Waals surface area contributed by atoms with Gasteiger partial charge in [0.15, 0.2) is 0 Å². The van der Waals surface area contributed by atoms with Crippen LogP contribution in [0.5, 0.6) is 0 Å². The molecule has 4 N–H and O–H groups in total. The molecule has 24 heavy (non-hydrogen) atoms. The van der Waals surface area contributed by atoms with Crippen LogP contribution in [0.3, 0.4) is 0 Å². The highest BCUT2D eigenvalue weighted by molar-refractivity contribution is 5.76. The molecule has 0 saturated carbocycles. The van der Waals surface area contributed by atoms with Crippen LogP contribution in [0.15, 0.2) is 0 Å². The zero-order valence-electron chi connectivity index (χ0n) is 15.4. The molecule has 0 aliphatic rings. The zero-order chi connectivity index (χ0) is 19.0. The normalized spacial score (nSPS) is 11.5. The Morgan fingerprint density at radius 2 is 1.50 bits per heavy atom. The number of rotatable bonds is 6. The van der Waals surface area contributed by atoms with E-state index < -0.39 is 29.3 Å². The van der Waals surface area contributed by atoms with Crippen molar-refractivity contribution in [1.82, 2.24) is 15.6 Å². The second-order valence-electron chi connectivity index (χ2n) is 7.21. The van der Waals surface area contributed by atoms with Crippen LogP contribution in [-0.2, 0) is 14.3 Å². The minimum absolute atomic E-state index is 0.0299. The fraction of sp³-hybridized carbons (Fsp3) is 0.800. The van der Waals surface area contributed by atoms with Gasteiger partial charge < -0.3 is 19.7 Å². The third-order valence-corrected chi connectivity index (χ3v) is 2.47. The monoisotopic (exact) mass is 346 g/mol. The largest absolute Gasteiger partial charge is 0.444 e. The lowest BCUT2D eigenvalue weighted by Crippen LogP contribution is -2.44. The molecule has 140 valence electrons. The molecule has 0 spiro atoms. The van der Waals surface area contributed by atoms with Crippen molar-refractivity contribution in [1.29, 1.82) is 0 Å². The number of hydrogen-bond donors (Lipinski definition) is 3. The summed E-state index contributed by atoms with van der Waals surface area (Å²) in [6, 6.07) is 0. The fourth-order valence-electron chi connectivity index (χ4n) is 1.54. The Labute approximate surface area is 143 Å². The third kappa shape index (κ3) is 11.5. The molecule has 3 amide bonds. The van der Waals surface area contributed by atoms with Gasteiger partial charge in [-0.15, -0.1) is 0 Å². The molecule has 0 bridgehead atoms. The molecule has 0 aromatic carbocycles. The van der Waals surface area contributed by atoms with Gasteiger partial charge in [0.05, 0.1) is 0 Å². The first-order valence-corrected chi connectivity index (χ1v) is 7.78. The van der Waals surface area contributed by atoms with E-state index in [4.69, 9.17) is 15.3 Å². The first kappa shape index (κ1) is 22.0. The second-order valence-corrected chi connectivity index (χ2v) is 7.21. The summed E-state index contributed by atoms with van der Waals surface area (Å²) in [5.41, 5.74) is 0.734. The number of hydrazine groups is 1. The molecule has 0 unspecified atom stereocenters. The summed E-state index contributed by atoms with van der Waals surface area (Å²) in [5, 5.41) is 2.55. The van der Waals surface area contributed by atoms with Crippen LogP contribution < -0.4 is 16.6 Å². The molecular formula is C15H30N4O5. The number of carbonyl (C=O) groups is 3. The van der Waals surface area contributed by atoms with Gasteiger partial charge in [-0.25, -0.2) is 15.4 Å². The molecular weight excluding hydrogens is 316 g/mol. The van der Waals surface area contributed by atoms with Crippen molar-refractivity contribution in [3.63, 3.8) is 0 Å². The van der Waals surface area contributed by atoms with Crippen LogP contribution in [0.1, 0.15) is 48.0 Å². The Balaban J connectivity index is 4.56. The van der Waals surface area contributed by atoms with Gasteiger partial charge in [0.1, 0.15) is 11.2 Å². The number of hydrogen-bond acceptors (Lipinski definition) is 6. The van der Waals surface area contributed by atoms with E-state index in [-0.39, 0.29) is 26.1 Å². The summed E-state index contributed by atoms with van der Waals surface area (Å²) in [5.74, 6) is 4.63. The summed E-state index contributed by atoms with van der Waals surface area (Å²) in [4.78, 5) is 36.4. The molecule has 0 radical (unpaired) electrons. The van der Waals surface area contributed by atoms with Crippen LogP contribution in [-0.4, -0.2) is 53.8 Å². The van der Waals surface area contributed by atoms with Crippen LogP contribution >= 0.6 is 0 Å². The van der Waals surface area contributed by atoms with Crippen LogP contribution in [0.25, 0.3) is 0 Å². The summed E-state index contributed by atoms with van der Waals surface area (Å²) >= 11 is 0. The second kappa shape index (κ2) is 9.31. The number of nitrogens with two attached hydrogens (primary N) is 1. The van der Waals surface area contributed by atoms with Crippen molar-refractivity contribution in [3.05, 3.63) is 0 Å². The van der Waals surface area contributed by atoms with Crippen LogP contribution in [0.2, 0.25) is 0 Å². The predicted octanol–water partition coefficient (Wildman–Crippen LogP) is 1.13. The van der Waals surface area contributed by atoms with Gasteiger partial charge in [0, 0.05) is 26.1 Å². The van der Waals surface area contributed by atoms with Gasteiger partial charge in [-0.3, -0.25) is 10.2 Å². The maximum absolute atomic E-state index is 12.2. The molecule has 0 fully saturated rings. The lowest BCUT2D eigenvalue weighted by atomic mass is 10.2. The number of ether oxygens (including phenoxy) is 2. The van der Waals surface area contributed by atoms with Crippen molar-refractivity contribution in [3.8, 4) is 0 Å². The smallest absolute Gasteiger partial charge is 0.410 e. The highest BCUT2D eigenvalue weighted by Gasteiger charge is 2.23. The van der Waals surface area contributed by atoms with Gasteiger partial charge in [-0.05, 0) is 41.5 Å². The Morgan fingerprint density at radius 1 is 0.958 bits per heavy atom. The summed E-state index contributed by atoms with van der Waals surface area (Å²) in [6.45, 7) is 11.0. The zero-order valence-corrected chi connectivity index (χ0v) is 15.4. The highest BCUT2D eigenvalue weighted by Crippen LogP contribution is 2.10. The van der Waals surface area contributed by atoms with Crippen molar-refractivity contribution in [2.75, 3.05) is 19.6 Å².